The number of nitrogens with two attached hydrogens (primary N) is 1. The van der Waals surface area contributed by atoms with Gasteiger partial charge in [0, 0.05) is 6.54 Å². The molecule has 0 spiro atoms. The van der Waals surface area contributed by atoms with Gasteiger partial charge >= 0.3 is 0 Å². The fourth-order valence-corrected chi connectivity index (χ4v) is 4.23. The lowest BCUT2D eigenvalue weighted by Gasteiger charge is -2.27. The van der Waals surface area contributed by atoms with E-state index in [0.717, 1.165) is 37.8 Å². The zero-order chi connectivity index (χ0) is 17.1. The molecular formula is C18H30N2O2S. The highest BCUT2D eigenvalue weighted by molar-refractivity contribution is 7.89. The van der Waals surface area contributed by atoms with Crippen molar-refractivity contribution in [1.82, 2.24) is 4.72 Å². The van der Waals surface area contributed by atoms with Crippen LogP contribution in [0.25, 0.3) is 0 Å². The Bertz CT molecular complexity index is 595. The van der Waals surface area contributed by atoms with E-state index in [1.165, 1.54) is 0 Å². The fourth-order valence-electron chi connectivity index (χ4n) is 3.12. The van der Waals surface area contributed by atoms with Crippen LogP contribution < -0.4 is 10.5 Å². The zero-order valence-corrected chi connectivity index (χ0v) is 15.3. The van der Waals surface area contributed by atoms with Gasteiger partial charge in [-0.25, -0.2) is 13.1 Å². The second-order valence-corrected chi connectivity index (χ2v) is 9.52. The standard InChI is InChI=1S/C18H30N2O2S/c1-18(2,3)16-8-10-17(11-9-16)23(21,22)20-13-15-6-4-14(12-19)5-7-15/h8-11,14-15,20H,4-7,12-13,19H2,1-3H3. The molecule has 0 atom stereocenters. The Balaban J connectivity index is 1.94. The highest BCUT2D eigenvalue weighted by Crippen LogP contribution is 2.28. The van der Waals surface area contributed by atoms with Crippen LogP contribution in [0.1, 0.15) is 52.0 Å². The predicted octanol–water partition coefficient (Wildman–Crippen LogP) is 3.03. The summed E-state index contributed by atoms with van der Waals surface area (Å²) < 4.78 is 27.6. The molecule has 0 saturated heterocycles. The molecule has 1 aromatic rings. The highest BCUT2D eigenvalue weighted by Gasteiger charge is 2.23. The molecule has 0 heterocycles. The molecule has 130 valence electrons. The van der Waals surface area contributed by atoms with Crippen molar-refractivity contribution in [3.63, 3.8) is 0 Å². The van der Waals surface area contributed by atoms with E-state index >= 15 is 0 Å². The molecule has 0 unspecified atom stereocenters. The van der Waals surface area contributed by atoms with Crippen LogP contribution in [0.3, 0.4) is 0 Å². The molecular weight excluding hydrogens is 308 g/mol. The van der Waals surface area contributed by atoms with Crippen LogP contribution in [0.2, 0.25) is 0 Å². The van der Waals surface area contributed by atoms with Gasteiger partial charge in [-0.2, -0.15) is 0 Å². The van der Waals surface area contributed by atoms with Crippen molar-refractivity contribution in [2.24, 2.45) is 17.6 Å². The smallest absolute Gasteiger partial charge is 0.240 e. The maximum atomic E-state index is 12.4. The molecule has 1 fully saturated rings. The van der Waals surface area contributed by atoms with E-state index in [0.29, 0.717) is 23.3 Å². The summed E-state index contributed by atoms with van der Waals surface area (Å²) in [6.45, 7) is 7.63. The average Bonchev–Trinajstić information content (AvgIpc) is 2.53. The van der Waals surface area contributed by atoms with E-state index in [1.54, 1.807) is 12.1 Å². The van der Waals surface area contributed by atoms with Gasteiger partial charge in [0.25, 0.3) is 0 Å². The van der Waals surface area contributed by atoms with E-state index in [1.807, 2.05) is 12.1 Å². The van der Waals surface area contributed by atoms with Crippen LogP contribution in [0.4, 0.5) is 0 Å². The summed E-state index contributed by atoms with van der Waals surface area (Å²) in [4.78, 5) is 0.348. The third-order valence-electron chi connectivity index (χ3n) is 4.89. The third kappa shape index (κ3) is 5.03. The highest BCUT2D eigenvalue weighted by atomic mass is 32.2. The quantitative estimate of drug-likeness (QED) is 0.867. The zero-order valence-electron chi connectivity index (χ0n) is 14.5. The molecule has 1 aliphatic carbocycles. The Kier molecular flexibility index (Phi) is 5.87. The van der Waals surface area contributed by atoms with Gasteiger partial charge < -0.3 is 5.73 Å². The minimum absolute atomic E-state index is 0.0251. The van der Waals surface area contributed by atoms with Crippen LogP contribution in [0.15, 0.2) is 29.2 Å². The Morgan fingerprint density at radius 2 is 1.57 bits per heavy atom. The Hall–Kier alpha value is -0.910. The second-order valence-electron chi connectivity index (χ2n) is 7.75. The molecule has 1 aromatic carbocycles. The minimum Gasteiger partial charge on any atom is -0.330 e. The van der Waals surface area contributed by atoms with E-state index in [2.05, 4.69) is 25.5 Å². The van der Waals surface area contributed by atoms with Crippen molar-refractivity contribution in [3.8, 4) is 0 Å². The van der Waals surface area contributed by atoms with Crippen molar-refractivity contribution in [1.29, 1.82) is 0 Å². The van der Waals surface area contributed by atoms with Crippen LogP contribution in [0, 0.1) is 11.8 Å². The molecule has 0 aromatic heterocycles. The molecule has 1 saturated carbocycles. The van der Waals surface area contributed by atoms with Gasteiger partial charge in [0.15, 0.2) is 0 Å². The lowest BCUT2D eigenvalue weighted by molar-refractivity contribution is 0.280. The first-order valence-corrected chi connectivity index (χ1v) is 10.0. The minimum atomic E-state index is -3.42. The van der Waals surface area contributed by atoms with Crippen molar-refractivity contribution in [3.05, 3.63) is 29.8 Å². The molecule has 3 N–H and O–H groups in total. The summed E-state index contributed by atoms with van der Waals surface area (Å²) in [7, 11) is -3.42. The second kappa shape index (κ2) is 7.32. The van der Waals surface area contributed by atoms with Gasteiger partial charge in [0.1, 0.15) is 0 Å². The van der Waals surface area contributed by atoms with E-state index in [4.69, 9.17) is 5.73 Å². The van der Waals surface area contributed by atoms with Crippen molar-refractivity contribution in [2.45, 2.75) is 56.8 Å². The number of benzene rings is 1. The first-order valence-electron chi connectivity index (χ1n) is 8.52. The summed E-state index contributed by atoms with van der Waals surface area (Å²) in [6.07, 6.45) is 4.35. The normalized spacial score (nSPS) is 23.0. The Morgan fingerprint density at radius 3 is 2.04 bits per heavy atom. The number of rotatable bonds is 5. The molecule has 0 radical (unpaired) electrons. The van der Waals surface area contributed by atoms with Crippen LogP contribution in [-0.2, 0) is 15.4 Å². The predicted molar refractivity (Wildman–Crippen MR) is 94.8 cm³/mol. The van der Waals surface area contributed by atoms with E-state index in [-0.39, 0.29) is 5.41 Å². The molecule has 4 nitrogen and oxygen atoms in total. The number of hydrogen-bond donors (Lipinski definition) is 2. The van der Waals surface area contributed by atoms with Crippen molar-refractivity contribution in [2.75, 3.05) is 13.1 Å². The molecule has 2 rings (SSSR count). The molecule has 23 heavy (non-hydrogen) atoms. The maximum absolute atomic E-state index is 12.4. The van der Waals surface area contributed by atoms with E-state index < -0.39 is 10.0 Å². The average molecular weight is 339 g/mol. The number of hydrogen-bond acceptors (Lipinski definition) is 3. The SMILES string of the molecule is CC(C)(C)c1ccc(S(=O)(=O)NCC2CCC(CN)CC2)cc1. The monoisotopic (exact) mass is 338 g/mol. The third-order valence-corrected chi connectivity index (χ3v) is 6.33. The van der Waals surface area contributed by atoms with Gasteiger partial charge in [-0.3, -0.25) is 0 Å². The van der Waals surface area contributed by atoms with Gasteiger partial charge in [0.05, 0.1) is 4.90 Å². The molecule has 1 aliphatic rings. The summed E-state index contributed by atoms with van der Waals surface area (Å²) in [6, 6.07) is 7.21. The van der Waals surface area contributed by atoms with Crippen LogP contribution in [0.5, 0.6) is 0 Å². The first-order chi connectivity index (χ1) is 10.7. The Labute approximate surface area is 140 Å². The van der Waals surface area contributed by atoms with Crippen LogP contribution >= 0.6 is 0 Å². The molecule has 0 amide bonds. The summed E-state index contributed by atoms with van der Waals surface area (Å²) in [5, 5.41) is 0. The lowest BCUT2D eigenvalue weighted by Crippen LogP contribution is -2.32. The van der Waals surface area contributed by atoms with Gasteiger partial charge in [0.2, 0.25) is 10.0 Å². The van der Waals surface area contributed by atoms with Gasteiger partial charge in [-0.05, 0) is 67.2 Å². The molecule has 5 heteroatoms. The molecule has 0 aliphatic heterocycles. The van der Waals surface area contributed by atoms with E-state index in [9.17, 15) is 8.42 Å². The van der Waals surface area contributed by atoms with Crippen molar-refractivity contribution < 1.29 is 8.42 Å². The van der Waals surface area contributed by atoms with Gasteiger partial charge in [-0.1, -0.05) is 32.9 Å². The maximum Gasteiger partial charge on any atom is 0.240 e. The lowest BCUT2D eigenvalue weighted by atomic mass is 9.82. The summed E-state index contributed by atoms with van der Waals surface area (Å²) >= 11 is 0. The summed E-state index contributed by atoms with van der Waals surface area (Å²) in [5.74, 6) is 1.05. The fraction of sp³-hybridized carbons (Fsp3) is 0.667. The summed E-state index contributed by atoms with van der Waals surface area (Å²) in [5.41, 5.74) is 6.86. The van der Waals surface area contributed by atoms with Crippen molar-refractivity contribution >= 4 is 10.0 Å². The molecule has 0 bridgehead atoms. The number of nitrogens with one attached hydrogen (secondary N) is 1. The first kappa shape index (κ1) is 18.4. The van der Waals surface area contributed by atoms with Crippen LogP contribution in [-0.4, -0.2) is 21.5 Å². The topological polar surface area (TPSA) is 72.2 Å². The number of sulfonamides is 1. The van der Waals surface area contributed by atoms with Gasteiger partial charge in [-0.15, -0.1) is 0 Å². The largest absolute Gasteiger partial charge is 0.330 e. The Morgan fingerprint density at radius 1 is 1.04 bits per heavy atom.